The largest absolute Gasteiger partial charge is 0.465 e. The van der Waals surface area contributed by atoms with Gasteiger partial charge in [-0.2, -0.15) is 4.99 Å². The number of H-pyrrole nitrogens is 1. The van der Waals surface area contributed by atoms with Gasteiger partial charge in [-0.1, -0.05) is 0 Å². The molecule has 0 spiro atoms. The van der Waals surface area contributed by atoms with Crippen LogP contribution in [-0.4, -0.2) is 76.4 Å². The summed E-state index contributed by atoms with van der Waals surface area (Å²) in [5.74, 6) is -0.400. The Kier molecular flexibility index (Phi) is 5.06. The SMILES string of the molecule is CN(C)C=NC(=O)c1cnc2[nH]ccc2c1NC1CCCN(C(=O)O)C1. The van der Waals surface area contributed by atoms with E-state index in [9.17, 15) is 14.7 Å². The van der Waals surface area contributed by atoms with E-state index in [1.807, 2.05) is 6.07 Å². The van der Waals surface area contributed by atoms with Crippen molar-refractivity contribution in [1.82, 2.24) is 19.8 Å². The molecule has 1 aliphatic rings. The Labute approximate surface area is 150 Å². The number of amides is 2. The molecule has 1 fully saturated rings. The van der Waals surface area contributed by atoms with Crippen LogP contribution < -0.4 is 5.32 Å². The number of aromatic amines is 1. The molecule has 2 aromatic heterocycles. The smallest absolute Gasteiger partial charge is 0.407 e. The summed E-state index contributed by atoms with van der Waals surface area (Å²) in [5, 5.41) is 13.4. The molecule has 138 valence electrons. The Morgan fingerprint density at radius 2 is 2.31 bits per heavy atom. The number of carboxylic acid groups (broad SMARTS) is 1. The van der Waals surface area contributed by atoms with Gasteiger partial charge in [-0.05, 0) is 18.9 Å². The Balaban J connectivity index is 1.92. The number of carbonyl (C=O) groups is 2. The molecule has 0 aromatic carbocycles. The number of carbonyl (C=O) groups excluding carboxylic acids is 1. The van der Waals surface area contributed by atoms with Crippen molar-refractivity contribution >= 4 is 35.1 Å². The second-order valence-electron chi connectivity index (χ2n) is 6.51. The van der Waals surface area contributed by atoms with Crippen LogP contribution in [-0.2, 0) is 0 Å². The number of pyridine rings is 1. The van der Waals surface area contributed by atoms with Crippen LogP contribution in [0.2, 0.25) is 0 Å². The van der Waals surface area contributed by atoms with Crippen molar-refractivity contribution < 1.29 is 14.7 Å². The van der Waals surface area contributed by atoms with Crippen molar-refractivity contribution in [2.75, 3.05) is 32.5 Å². The van der Waals surface area contributed by atoms with Crippen LogP contribution in [0.5, 0.6) is 0 Å². The first-order chi connectivity index (χ1) is 12.5. The van der Waals surface area contributed by atoms with Gasteiger partial charge in [0.2, 0.25) is 0 Å². The highest BCUT2D eigenvalue weighted by Gasteiger charge is 2.25. The molecule has 0 aliphatic carbocycles. The highest BCUT2D eigenvalue weighted by atomic mass is 16.4. The highest BCUT2D eigenvalue weighted by molar-refractivity contribution is 6.08. The first-order valence-electron chi connectivity index (χ1n) is 8.41. The molecule has 26 heavy (non-hydrogen) atoms. The minimum absolute atomic E-state index is 0.0790. The Morgan fingerprint density at radius 3 is 3.04 bits per heavy atom. The van der Waals surface area contributed by atoms with Crippen LogP contribution in [0.15, 0.2) is 23.5 Å². The van der Waals surface area contributed by atoms with Gasteiger partial charge in [-0.15, -0.1) is 0 Å². The number of hydrogen-bond acceptors (Lipinski definition) is 4. The third-order valence-electron chi connectivity index (χ3n) is 4.26. The number of nitrogens with one attached hydrogen (secondary N) is 2. The Bertz CT molecular complexity index is 844. The van der Waals surface area contributed by atoms with Crippen LogP contribution in [0.25, 0.3) is 11.0 Å². The summed E-state index contributed by atoms with van der Waals surface area (Å²) < 4.78 is 0. The van der Waals surface area contributed by atoms with Crippen molar-refractivity contribution in [3.05, 3.63) is 24.0 Å². The monoisotopic (exact) mass is 358 g/mol. The lowest BCUT2D eigenvalue weighted by molar-refractivity contribution is 0.100. The lowest BCUT2D eigenvalue weighted by Gasteiger charge is -2.32. The number of nitrogens with zero attached hydrogens (tertiary/aromatic N) is 4. The van der Waals surface area contributed by atoms with Crippen LogP contribution in [0.4, 0.5) is 10.5 Å². The van der Waals surface area contributed by atoms with E-state index in [-0.39, 0.29) is 6.04 Å². The van der Waals surface area contributed by atoms with Crippen molar-refractivity contribution in [1.29, 1.82) is 0 Å². The average Bonchev–Trinajstić information content (AvgIpc) is 3.09. The molecule has 0 saturated carbocycles. The van der Waals surface area contributed by atoms with Gasteiger partial charge >= 0.3 is 6.09 Å². The van der Waals surface area contributed by atoms with E-state index in [1.54, 1.807) is 25.2 Å². The number of aliphatic imine (C=N–C) groups is 1. The van der Waals surface area contributed by atoms with E-state index < -0.39 is 12.0 Å². The Hall–Kier alpha value is -3.10. The summed E-state index contributed by atoms with van der Waals surface area (Å²) in [7, 11) is 3.57. The van der Waals surface area contributed by atoms with Gasteiger partial charge in [-0.25, -0.2) is 9.78 Å². The maximum Gasteiger partial charge on any atom is 0.407 e. The number of fused-ring (bicyclic) bond motifs is 1. The minimum atomic E-state index is -0.926. The maximum absolute atomic E-state index is 12.5. The van der Waals surface area contributed by atoms with Gasteiger partial charge < -0.3 is 25.2 Å². The third kappa shape index (κ3) is 3.76. The molecule has 9 heteroatoms. The van der Waals surface area contributed by atoms with Gasteiger partial charge in [0.15, 0.2) is 0 Å². The quantitative estimate of drug-likeness (QED) is 0.568. The maximum atomic E-state index is 12.5. The molecule has 0 bridgehead atoms. The Morgan fingerprint density at radius 1 is 1.50 bits per heavy atom. The second-order valence-corrected chi connectivity index (χ2v) is 6.51. The molecule has 0 radical (unpaired) electrons. The van der Waals surface area contributed by atoms with Gasteiger partial charge in [0.05, 0.1) is 17.6 Å². The van der Waals surface area contributed by atoms with Crippen molar-refractivity contribution in [2.24, 2.45) is 4.99 Å². The summed E-state index contributed by atoms with van der Waals surface area (Å²) >= 11 is 0. The zero-order valence-corrected chi connectivity index (χ0v) is 14.8. The van der Waals surface area contributed by atoms with E-state index in [0.717, 1.165) is 18.2 Å². The number of anilines is 1. The first kappa shape index (κ1) is 17.7. The molecule has 1 unspecified atom stereocenters. The van der Waals surface area contributed by atoms with E-state index >= 15 is 0 Å². The molecule has 3 N–H and O–H groups in total. The molecule has 3 rings (SSSR count). The number of likely N-dealkylation sites (tertiary alicyclic amines) is 1. The normalized spacial score (nSPS) is 17.6. The van der Waals surface area contributed by atoms with Gasteiger partial charge in [0.25, 0.3) is 5.91 Å². The standard InChI is InChI=1S/C17H22N6O3/c1-22(2)10-20-16(24)13-8-19-15-12(5-6-18-15)14(13)21-11-4-3-7-23(9-11)17(25)26/h5-6,8,10-11H,3-4,7,9H2,1-2H3,(H,25,26)(H2,18,19,21). The summed E-state index contributed by atoms with van der Waals surface area (Å²) in [5.41, 5.74) is 1.66. The van der Waals surface area contributed by atoms with Crippen LogP contribution in [0, 0.1) is 0 Å². The van der Waals surface area contributed by atoms with E-state index in [1.165, 1.54) is 17.4 Å². The minimum Gasteiger partial charge on any atom is -0.465 e. The average molecular weight is 358 g/mol. The van der Waals surface area contributed by atoms with Crippen molar-refractivity contribution in [2.45, 2.75) is 18.9 Å². The first-order valence-corrected chi connectivity index (χ1v) is 8.41. The summed E-state index contributed by atoms with van der Waals surface area (Å²) in [6.07, 6.45) is 5.36. The van der Waals surface area contributed by atoms with Crippen LogP contribution in [0.1, 0.15) is 23.2 Å². The molecular weight excluding hydrogens is 336 g/mol. The number of hydrogen-bond donors (Lipinski definition) is 3. The van der Waals surface area contributed by atoms with Gasteiger partial charge in [-0.3, -0.25) is 4.79 Å². The summed E-state index contributed by atoms with van der Waals surface area (Å²) in [6, 6.07) is 1.76. The lowest BCUT2D eigenvalue weighted by Crippen LogP contribution is -2.44. The lowest BCUT2D eigenvalue weighted by atomic mass is 10.0. The van der Waals surface area contributed by atoms with Crippen LogP contribution in [0.3, 0.4) is 0 Å². The molecule has 1 saturated heterocycles. The molecule has 3 heterocycles. The fraction of sp³-hybridized carbons (Fsp3) is 0.412. The van der Waals surface area contributed by atoms with E-state index in [2.05, 4.69) is 20.3 Å². The predicted octanol–water partition coefficient (Wildman–Crippen LogP) is 1.85. The highest BCUT2D eigenvalue weighted by Crippen LogP contribution is 2.28. The zero-order chi connectivity index (χ0) is 18.7. The molecule has 2 aromatic rings. The summed E-state index contributed by atoms with van der Waals surface area (Å²) in [4.78, 5) is 38.1. The van der Waals surface area contributed by atoms with Crippen molar-refractivity contribution in [3.63, 3.8) is 0 Å². The number of rotatable bonds is 4. The predicted molar refractivity (Wildman–Crippen MR) is 98.8 cm³/mol. The van der Waals surface area contributed by atoms with Crippen LogP contribution >= 0.6 is 0 Å². The molecule has 1 aliphatic heterocycles. The summed E-state index contributed by atoms with van der Waals surface area (Å²) in [6.45, 7) is 0.903. The molecular formula is C17H22N6O3. The number of aromatic nitrogens is 2. The molecule has 9 nitrogen and oxygen atoms in total. The zero-order valence-electron chi connectivity index (χ0n) is 14.8. The fourth-order valence-electron chi connectivity index (χ4n) is 3.04. The molecule has 1 atom stereocenters. The molecule has 2 amide bonds. The van der Waals surface area contributed by atoms with E-state index in [4.69, 9.17) is 0 Å². The van der Waals surface area contributed by atoms with Gasteiger partial charge in [0, 0.05) is 51.0 Å². The second kappa shape index (κ2) is 7.42. The third-order valence-corrected chi connectivity index (χ3v) is 4.26. The van der Waals surface area contributed by atoms with E-state index in [0.29, 0.717) is 30.0 Å². The van der Waals surface area contributed by atoms with Crippen molar-refractivity contribution in [3.8, 4) is 0 Å². The topological polar surface area (TPSA) is 114 Å². The fourth-order valence-corrected chi connectivity index (χ4v) is 3.04. The van der Waals surface area contributed by atoms with Gasteiger partial charge in [0.1, 0.15) is 5.65 Å². The number of piperidine rings is 1.